The van der Waals surface area contributed by atoms with E-state index in [0.717, 1.165) is 0 Å². The van der Waals surface area contributed by atoms with Gasteiger partial charge in [0.1, 0.15) is 6.54 Å². The van der Waals surface area contributed by atoms with Crippen LogP contribution in [0.1, 0.15) is 10.6 Å². The fourth-order valence-electron chi connectivity index (χ4n) is 2.23. The maximum Gasteiger partial charge on any atom is 0.322 e. The second kappa shape index (κ2) is 6.84. The SMILES string of the molecule is O=C(O)CNC(=O)c1nc2ccc(NS(=O)(=O)c3ccccc3)cc2[nH]1. The van der Waals surface area contributed by atoms with Crippen molar-refractivity contribution in [2.75, 3.05) is 11.3 Å². The van der Waals surface area contributed by atoms with Crippen molar-refractivity contribution >= 4 is 38.6 Å². The van der Waals surface area contributed by atoms with Gasteiger partial charge in [0.05, 0.1) is 21.6 Å². The van der Waals surface area contributed by atoms with Gasteiger partial charge in [0.2, 0.25) is 0 Å². The van der Waals surface area contributed by atoms with Gasteiger partial charge in [-0.25, -0.2) is 13.4 Å². The number of amides is 1. The van der Waals surface area contributed by atoms with Crippen LogP contribution in [-0.4, -0.2) is 41.9 Å². The summed E-state index contributed by atoms with van der Waals surface area (Å²) in [6.45, 7) is -0.530. The summed E-state index contributed by atoms with van der Waals surface area (Å²) in [5.41, 5.74) is 1.16. The highest BCUT2D eigenvalue weighted by molar-refractivity contribution is 7.92. The summed E-state index contributed by atoms with van der Waals surface area (Å²) in [7, 11) is -3.74. The van der Waals surface area contributed by atoms with Crippen molar-refractivity contribution in [2.24, 2.45) is 0 Å². The van der Waals surface area contributed by atoms with E-state index in [2.05, 4.69) is 20.0 Å². The molecular formula is C16H14N4O5S. The van der Waals surface area contributed by atoms with Crippen molar-refractivity contribution in [3.05, 3.63) is 54.4 Å². The molecule has 0 fully saturated rings. The summed E-state index contributed by atoms with van der Waals surface area (Å²) in [5.74, 6) is -1.91. The number of nitrogens with one attached hydrogen (secondary N) is 3. The fourth-order valence-corrected chi connectivity index (χ4v) is 3.30. The van der Waals surface area contributed by atoms with Crippen molar-refractivity contribution in [3.63, 3.8) is 0 Å². The summed E-state index contributed by atoms with van der Waals surface area (Å²) in [4.78, 5) is 29.2. The van der Waals surface area contributed by atoms with Crippen LogP contribution in [-0.2, 0) is 14.8 Å². The van der Waals surface area contributed by atoms with Gasteiger partial charge in [0.25, 0.3) is 15.9 Å². The van der Waals surface area contributed by atoms with Gasteiger partial charge in [-0.15, -0.1) is 0 Å². The number of rotatable bonds is 6. The van der Waals surface area contributed by atoms with E-state index in [1.54, 1.807) is 24.3 Å². The number of H-pyrrole nitrogens is 1. The molecular weight excluding hydrogens is 360 g/mol. The second-order valence-electron chi connectivity index (χ2n) is 5.31. The van der Waals surface area contributed by atoms with Crippen LogP contribution >= 0.6 is 0 Å². The van der Waals surface area contributed by atoms with E-state index < -0.39 is 28.4 Å². The standard InChI is InChI=1S/C16H14N4O5S/c21-14(22)9-17-16(23)15-18-12-7-6-10(8-13(12)19-15)20-26(24,25)11-4-2-1-3-5-11/h1-8,20H,9H2,(H,17,23)(H,18,19)(H,21,22). The molecule has 2 aromatic carbocycles. The molecule has 0 bridgehead atoms. The number of sulfonamides is 1. The molecule has 0 aliphatic rings. The Kier molecular flexibility index (Phi) is 4.59. The number of carboxylic acids is 1. The number of carbonyl (C=O) groups is 2. The molecule has 0 saturated carbocycles. The van der Waals surface area contributed by atoms with Crippen LogP contribution in [0.15, 0.2) is 53.4 Å². The van der Waals surface area contributed by atoms with E-state index in [9.17, 15) is 18.0 Å². The minimum absolute atomic E-state index is 0.0654. The van der Waals surface area contributed by atoms with Gasteiger partial charge in [-0.2, -0.15) is 0 Å². The number of hydrogen-bond acceptors (Lipinski definition) is 5. The van der Waals surface area contributed by atoms with Crippen molar-refractivity contribution < 1.29 is 23.1 Å². The van der Waals surface area contributed by atoms with E-state index in [1.807, 2.05) is 0 Å². The van der Waals surface area contributed by atoms with Crippen molar-refractivity contribution in [2.45, 2.75) is 4.90 Å². The molecule has 9 nitrogen and oxygen atoms in total. The Bertz CT molecular complexity index is 1080. The zero-order chi connectivity index (χ0) is 18.7. The number of anilines is 1. The quantitative estimate of drug-likeness (QED) is 0.510. The maximum absolute atomic E-state index is 12.3. The predicted molar refractivity (Wildman–Crippen MR) is 93.3 cm³/mol. The number of carbonyl (C=O) groups excluding carboxylic acids is 1. The summed E-state index contributed by atoms with van der Waals surface area (Å²) in [6, 6.07) is 12.5. The first kappa shape index (κ1) is 17.4. The Morgan fingerprint density at radius 1 is 1.12 bits per heavy atom. The molecule has 0 radical (unpaired) electrons. The van der Waals surface area contributed by atoms with Gasteiger partial charge < -0.3 is 15.4 Å². The molecule has 1 heterocycles. The summed E-state index contributed by atoms with van der Waals surface area (Å²) in [6.07, 6.45) is 0. The maximum atomic E-state index is 12.3. The van der Waals surface area contributed by atoms with Gasteiger partial charge in [0.15, 0.2) is 5.82 Å². The van der Waals surface area contributed by atoms with Crippen LogP contribution in [0.2, 0.25) is 0 Å². The number of aromatic nitrogens is 2. The van der Waals surface area contributed by atoms with Crippen LogP contribution in [0.3, 0.4) is 0 Å². The summed E-state index contributed by atoms with van der Waals surface area (Å²) in [5, 5.41) is 10.8. The van der Waals surface area contributed by atoms with E-state index in [4.69, 9.17) is 5.11 Å². The fraction of sp³-hybridized carbons (Fsp3) is 0.0625. The molecule has 4 N–H and O–H groups in total. The molecule has 3 rings (SSSR count). The molecule has 26 heavy (non-hydrogen) atoms. The summed E-state index contributed by atoms with van der Waals surface area (Å²) >= 11 is 0. The number of benzene rings is 2. The molecule has 1 aromatic heterocycles. The lowest BCUT2D eigenvalue weighted by Crippen LogP contribution is -2.29. The Hall–Kier alpha value is -3.40. The van der Waals surface area contributed by atoms with Crippen LogP contribution in [0, 0.1) is 0 Å². The average molecular weight is 374 g/mol. The van der Waals surface area contributed by atoms with Crippen LogP contribution in [0.25, 0.3) is 11.0 Å². The van der Waals surface area contributed by atoms with Gasteiger partial charge in [-0.1, -0.05) is 18.2 Å². The third-order valence-electron chi connectivity index (χ3n) is 3.40. The van der Waals surface area contributed by atoms with Gasteiger partial charge in [-0.05, 0) is 30.3 Å². The van der Waals surface area contributed by atoms with E-state index in [-0.39, 0.29) is 10.7 Å². The number of aromatic amines is 1. The molecule has 134 valence electrons. The Morgan fingerprint density at radius 2 is 1.85 bits per heavy atom. The zero-order valence-corrected chi connectivity index (χ0v) is 14.1. The first-order valence-electron chi connectivity index (χ1n) is 7.43. The van der Waals surface area contributed by atoms with Crippen LogP contribution in [0.5, 0.6) is 0 Å². The normalized spacial score (nSPS) is 11.2. The average Bonchev–Trinajstić information content (AvgIpc) is 3.03. The van der Waals surface area contributed by atoms with E-state index in [1.165, 1.54) is 24.3 Å². The van der Waals surface area contributed by atoms with Crippen LogP contribution < -0.4 is 10.0 Å². The highest BCUT2D eigenvalue weighted by atomic mass is 32.2. The number of aliphatic carboxylic acids is 1. The lowest BCUT2D eigenvalue weighted by molar-refractivity contribution is -0.135. The molecule has 0 atom stereocenters. The van der Waals surface area contributed by atoms with E-state index >= 15 is 0 Å². The van der Waals surface area contributed by atoms with Crippen LogP contribution in [0.4, 0.5) is 5.69 Å². The molecule has 3 aromatic rings. The Balaban J connectivity index is 1.83. The van der Waals surface area contributed by atoms with E-state index in [0.29, 0.717) is 16.7 Å². The third kappa shape index (κ3) is 3.81. The number of nitrogens with zero attached hydrogens (tertiary/aromatic N) is 1. The molecule has 10 heteroatoms. The number of imidazole rings is 1. The van der Waals surface area contributed by atoms with Gasteiger partial charge >= 0.3 is 5.97 Å². The topological polar surface area (TPSA) is 141 Å². The smallest absolute Gasteiger partial charge is 0.322 e. The van der Waals surface area contributed by atoms with Crippen molar-refractivity contribution in [1.29, 1.82) is 0 Å². The Labute approximate surface area is 148 Å². The first-order chi connectivity index (χ1) is 12.3. The zero-order valence-electron chi connectivity index (χ0n) is 13.3. The minimum Gasteiger partial charge on any atom is -0.480 e. The number of fused-ring (bicyclic) bond motifs is 1. The molecule has 0 aliphatic carbocycles. The lowest BCUT2D eigenvalue weighted by atomic mass is 10.3. The highest BCUT2D eigenvalue weighted by Crippen LogP contribution is 2.20. The molecule has 0 spiro atoms. The number of hydrogen-bond donors (Lipinski definition) is 4. The largest absolute Gasteiger partial charge is 0.480 e. The summed E-state index contributed by atoms with van der Waals surface area (Å²) < 4.78 is 27.1. The minimum atomic E-state index is -3.74. The first-order valence-corrected chi connectivity index (χ1v) is 8.91. The second-order valence-corrected chi connectivity index (χ2v) is 6.99. The molecule has 1 amide bonds. The highest BCUT2D eigenvalue weighted by Gasteiger charge is 2.16. The molecule has 0 aliphatic heterocycles. The van der Waals surface area contributed by atoms with Gasteiger partial charge in [-0.3, -0.25) is 14.3 Å². The van der Waals surface area contributed by atoms with Gasteiger partial charge in [0, 0.05) is 0 Å². The molecule has 0 unspecified atom stereocenters. The molecule has 0 saturated heterocycles. The monoisotopic (exact) mass is 374 g/mol. The van der Waals surface area contributed by atoms with Crippen molar-refractivity contribution in [1.82, 2.24) is 15.3 Å². The van der Waals surface area contributed by atoms with Crippen molar-refractivity contribution in [3.8, 4) is 0 Å². The Morgan fingerprint density at radius 3 is 2.54 bits per heavy atom. The third-order valence-corrected chi connectivity index (χ3v) is 4.80. The lowest BCUT2D eigenvalue weighted by Gasteiger charge is -2.07. The number of carboxylic acid groups (broad SMARTS) is 1. The predicted octanol–water partition coefficient (Wildman–Crippen LogP) is 1.18.